The lowest BCUT2D eigenvalue weighted by Gasteiger charge is -2.24. The van der Waals surface area contributed by atoms with Crippen molar-refractivity contribution in [1.29, 1.82) is 0 Å². The van der Waals surface area contributed by atoms with Gasteiger partial charge in [0.25, 0.3) is 5.91 Å². The van der Waals surface area contributed by atoms with Crippen LogP contribution in [0.15, 0.2) is 66.7 Å². The topological polar surface area (TPSA) is 67.9 Å². The Kier molecular flexibility index (Phi) is 5.68. The van der Waals surface area contributed by atoms with E-state index in [0.717, 1.165) is 11.1 Å². The van der Waals surface area contributed by atoms with Gasteiger partial charge in [0.1, 0.15) is 5.37 Å². The third-order valence-electron chi connectivity index (χ3n) is 5.32. The van der Waals surface area contributed by atoms with Gasteiger partial charge in [-0.1, -0.05) is 35.9 Å². The van der Waals surface area contributed by atoms with Gasteiger partial charge in [0.15, 0.2) is 11.5 Å². The lowest BCUT2D eigenvalue weighted by atomic mass is 10.1. The highest BCUT2D eigenvalue weighted by Crippen LogP contribution is 2.40. The molecule has 2 amide bonds. The Balaban J connectivity index is 1.28. The zero-order valence-electron chi connectivity index (χ0n) is 16.9. The molecule has 3 aromatic rings. The van der Waals surface area contributed by atoms with Crippen molar-refractivity contribution >= 4 is 40.9 Å². The van der Waals surface area contributed by atoms with Crippen LogP contribution in [0.3, 0.4) is 0 Å². The van der Waals surface area contributed by atoms with E-state index < -0.39 is 0 Å². The smallest absolute Gasteiger partial charge is 0.255 e. The van der Waals surface area contributed by atoms with E-state index >= 15 is 0 Å². The Morgan fingerprint density at radius 1 is 1.03 bits per heavy atom. The van der Waals surface area contributed by atoms with E-state index in [1.54, 1.807) is 42.1 Å². The van der Waals surface area contributed by atoms with Gasteiger partial charge >= 0.3 is 0 Å². The molecule has 5 rings (SSSR count). The molecule has 2 aliphatic heterocycles. The number of thioether (sulfide) groups is 1. The number of fused-ring (bicyclic) bond motifs is 1. The summed E-state index contributed by atoms with van der Waals surface area (Å²) in [5.74, 6) is 1.59. The fraction of sp³-hybridized carbons (Fsp3) is 0.167. The monoisotopic (exact) mass is 466 g/mol. The molecule has 0 unspecified atom stereocenters. The van der Waals surface area contributed by atoms with E-state index in [4.69, 9.17) is 21.1 Å². The van der Waals surface area contributed by atoms with Crippen molar-refractivity contribution in [3.63, 3.8) is 0 Å². The van der Waals surface area contributed by atoms with Gasteiger partial charge in [-0.2, -0.15) is 0 Å². The van der Waals surface area contributed by atoms with Crippen molar-refractivity contribution in [3.8, 4) is 11.5 Å². The first-order valence-electron chi connectivity index (χ1n) is 10.0. The van der Waals surface area contributed by atoms with Gasteiger partial charge < -0.3 is 19.7 Å². The SMILES string of the molecule is O=C(Nc1ccc2c(c1)OCO2)c1ccc([C@@H]2SCC(=O)N2Cc2ccc(Cl)cc2)cc1. The lowest BCUT2D eigenvalue weighted by Crippen LogP contribution is -2.27. The number of hydrogen-bond acceptors (Lipinski definition) is 5. The Bertz CT molecular complexity index is 1170. The van der Waals surface area contributed by atoms with Crippen LogP contribution in [0, 0.1) is 0 Å². The average molecular weight is 467 g/mol. The minimum atomic E-state index is -0.219. The molecule has 0 bridgehead atoms. The number of halogens is 1. The first-order valence-corrected chi connectivity index (χ1v) is 11.5. The number of carbonyl (C=O) groups is 2. The molecular formula is C24H19ClN2O4S. The van der Waals surface area contributed by atoms with Crippen LogP contribution >= 0.6 is 23.4 Å². The van der Waals surface area contributed by atoms with Crippen LogP contribution in [-0.2, 0) is 11.3 Å². The van der Waals surface area contributed by atoms with Crippen molar-refractivity contribution in [2.45, 2.75) is 11.9 Å². The molecule has 0 spiro atoms. The maximum Gasteiger partial charge on any atom is 0.255 e. The highest BCUT2D eigenvalue weighted by atomic mass is 35.5. The van der Waals surface area contributed by atoms with Crippen molar-refractivity contribution in [1.82, 2.24) is 4.90 Å². The number of nitrogens with one attached hydrogen (secondary N) is 1. The molecule has 0 radical (unpaired) electrons. The first kappa shape index (κ1) is 20.7. The molecule has 162 valence electrons. The Labute approximate surface area is 194 Å². The highest BCUT2D eigenvalue weighted by molar-refractivity contribution is 8.00. The summed E-state index contributed by atoms with van der Waals surface area (Å²) in [7, 11) is 0. The molecule has 3 aromatic carbocycles. The summed E-state index contributed by atoms with van der Waals surface area (Å²) in [6.45, 7) is 0.699. The molecule has 6 nitrogen and oxygen atoms in total. The number of ether oxygens (including phenoxy) is 2. The third-order valence-corrected chi connectivity index (χ3v) is 6.83. The third kappa shape index (κ3) is 4.26. The molecule has 1 fully saturated rings. The number of anilines is 1. The fourth-order valence-electron chi connectivity index (χ4n) is 3.66. The average Bonchev–Trinajstić information content (AvgIpc) is 3.42. The fourth-order valence-corrected chi connectivity index (χ4v) is 4.98. The summed E-state index contributed by atoms with van der Waals surface area (Å²) in [4.78, 5) is 27.0. The van der Waals surface area contributed by atoms with E-state index in [-0.39, 0.29) is 24.0 Å². The van der Waals surface area contributed by atoms with Crippen LogP contribution in [0.5, 0.6) is 11.5 Å². The number of benzene rings is 3. The minimum absolute atomic E-state index is 0.0934. The molecule has 0 aromatic heterocycles. The number of amides is 2. The second kappa shape index (κ2) is 8.76. The molecule has 0 saturated carbocycles. The van der Waals surface area contributed by atoms with Crippen LogP contribution in [0.2, 0.25) is 5.02 Å². The minimum Gasteiger partial charge on any atom is -0.454 e. The summed E-state index contributed by atoms with van der Waals surface area (Å²) >= 11 is 7.55. The first-order chi connectivity index (χ1) is 15.6. The van der Waals surface area contributed by atoms with Gasteiger partial charge in [-0.25, -0.2) is 0 Å². The molecule has 1 saturated heterocycles. The number of nitrogens with zero attached hydrogens (tertiary/aromatic N) is 1. The van der Waals surface area contributed by atoms with Gasteiger partial charge in [0.05, 0.1) is 5.75 Å². The maximum absolute atomic E-state index is 12.7. The predicted molar refractivity (Wildman–Crippen MR) is 124 cm³/mol. The van der Waals surface area contributed by atoms with E-state index in [1.807, 2.05) is 41.3 Å². The van der Waals surface area contributed by atoms with Crippen molar-refractivity contribution in [2.75, 3.05) is 17.9 Å². The van der Waals surface area contributed by atoms with E-state index in [0.29, 0.717) is 40.1 Å². The van der Waals surface area contributed by atoms with Gasteiger partial charge in [-0.3, -0.25) is 9.59 Å². The van der Waals surface area contributed by atoms with E-state index in [1.165, 1.54) is 0 Å². The Morgan fingerprint density at radius 2 is 1.78 bits per heavy atom. The van der Waals surface area contributed by atoms with Gasteiger partial charge in [-0.15, -0.1) is 11.8 Å². The highest BCUT2D eigenvalue weighted by Gasteiger charge is 2.32. The van der Waals surface area contributed by atoms with Crippen LogP contribution in [0.25, 0.3) is 0 Å². The van der Waals surface area contributed by atoms with Crippen LogP contribution < -0.4 is 14.8 Å². The van der Waals surface area contributed by atoms with Crippen LogP contribution in [0.1, 0.15) is 26.9 Å². The number of rotatable bonds is 5. The summed E-state index contributed by atoms with van der Waals surface area (Å²) in [5.41, 5.74) is 3.17. The lowest BCUT2D eigenvalue weighted by molar-refractivity contribution is -0.128. The van der Waals surface area contributed by atoms with Gasteiger partial charge in [0.2, 0.25) is 12.7 Å². The predicted octanol–water partition coefficient (Wildman–Crippen LogP) is 5.10. The zero-order chi connectivity index (χ0) is 22.1. The number of hydrogen-bond donors (Lipinski definition) is 1. The van der Waals surface area contributed by atoms with Crippen LogP contribution in [-0.4, -0.2) is 29.3 Å². The molecule has 8 heteroatoms. The van der Waals surface area contributed by atoms with Gasteiger partial charge in [0, 0.05) is 28.9 Å². The second-order valence-electron chi connectivity index (χ2n) is 7.46. The summed E-state index contributed by atoms with van der Waals surface area (Å²) in [5, 5.41) is 3.45. The number of carbonyl (C=O) groups excluding carboxylic acids is 2. The molecule has 32 heavy (non-hydrogen) atoms. The molecule has 2 heterocycles. The molecule has 1 atom stereocenters. The Morgan fingerprint density at radius 3 is 2.56 bits per heavy atom. The summed E-state index contributed by atoms with van der Waals surface area (Å²) < 4.78 is 10.6. The zero-order valence-corrected chi connectivity index (χ0v) is 18.5. The van der Waals surface area contributed by atoms with E-state index in [2.05, 4.69) is 5.32 Å². The second-order valence-corrected chi connectivity index (χ2v) is 8.96. The normalized spacial score (nSPS) is 17.0. The molecule has 1 N–H and O–H groups in total. The summed E-state index contributed by atoms with van der Waals surface area (Å²) in [6, 6.07) is 20.2. The molecular weight excluding hydrogens is 448 g/mol. The summed E-state index contributed by atoms with van der Waals surface area (Å²) in [6.07, 6.45) is 0. The molecule has 0 aliphatic carbocycles. The van der Waals surface area contributed by atoms with E-state index in [9.17, 15) is 9.59 Å². The van der Waals surface area contributed by atoms with Crippen molar-refractivity contribution in [3.05, 3.63) is 88.4 Å². The Hall–Kier alpha value is -3.16. The van der Waals surface area contributed by atoms with Crippen LogP contribution in [0.4, 0.5) is 5.69 Å². The standard InChI is InChI=1S/C24H19ClN2O4S/c25-18-7-1-15(2-8-18)12-27-22(28)13-32-24(27)17-5-3-16(4-6-17)23(29)26-19-9-10-20-21(11-19)31-14-30-20/h1-11,24H,12-14H2,(H,26,29)/t24-/m0/s1. The molecule has 2 aliphatic rings. The largest absolute Gasteiger partial charge is 0.454 e. The van der Waals surface area contributed by atoms with Gasteiger partial charge in [-0.05, 0) is 47.5 Å². The maximum atomic E-state index is 12.7. The quantitative estimate of drug-likeness (QED) is 0.567. The van der Waals surface area contributed by atoms with Crippen molar-refractivity contribution < 1.29 is 19.1 Å². The van der Waals surface area contributed by atoms with Crippen molar-refractivity contribution in [2.24, 2.45) is 0 Å².